The Balaban J connectivity index is 2.52. The summed E-state index contributed by atoms with van der Waals surface area (Å²) < 4.78 is 0. The minimum atomic E-state index is 0.104. The molecule has 0 saturated carbocycles. The zero-order valence-corrected chi connectivity index (χ0v) is 12.1. The number of amidine groups is 1. The van der Waals surface area contributed by atoms with Crippen LogP contribution in [0.5, 0.6) is 0 Å². The molecule has 0 aliphatic heterocycles. The smallest absolute Gasteiger partial charge is 0.140 e. The fourth-order valence-electron chi connectivity index (χ4n) is 1.80. The molecule has 0 radical (unpaired) electrons. The molecule has 0 saturated heterocycles. The van der Waals surface area contributed by atoms with E-state index in [-0.39, 0.29) is 17.3 Å². The topological polar surface area (TPSA) is 70.6 Å². The van der Waals surface area contributed by atoms with Crippen LogP contribution in [0, 0.1) is 0 Å². The SMILES string of the molecule is CCC(C/C(N)=N/O)NCC(C)(C)c1cccs1. The molecule has 4 nitrogen and oxygen atoms in total. The second-order valence-corrected chi connectivity index (χ2v) is 6.09. The molecule has 1 unspecified atom stereocenters. The van der Waals surface area contributed by atoms with E-state index in [0.29, 0.717) is 6.42 Å². The summed E-state index contributed by atoms with van der Waals surface area (Å²) in [7, 11) is 0. The first-order valence-corrected chi connectivity index (χ1v) is 7.11. The average molecular weight is 269 g/mol. The predicted molar refractivity (Wildman–Crippen MR) is 77.5 cm³/mol. The van der Waals surface area contributed by atoms with Crippen LogP contribution in [0.3, 0.4) is 0 Å². The summed E-state index contributed by atoms with van der Waals surface area (Å²) in [5.74, 6) is 0.281. The quantitative estimate of drug-likeness (QED) is 0.308. The van der Waals surface area contributed by atoms with Crippen LogP contribution < -0.4 is 11.1 Å². The van der Waals surface area contributed by atoms with Gasteiger partial charge in [-0.15, -0.1) is 11.3 Å². The third-order valence-electron chi connectivity index (χ3n) is 3.10. The number of nitrogens with two attached hydrogens (primary N) is 1. The van der Waals surface area contributed by atoms with Gasteiger partial charge >= 0.3 is 0 Å². The molecule has 1 atom stereocenters. The summed E-state index contributed by atoms with van der Waals surface area (Å²) in [5.41, 5.74) is 5.65. The van der Waals surface area contributed by atoms with Gasteiger partial charge in [-0.25, -0.2) is 0 Å². The van der Waals surface area contributed by atoms with Crippen LogP contribution in [0.15, 0.2) is 22.7 Å². The Morgan fingerprint density at radius 1 is 1.61 bits per heavy atom. The molecule has 0 aromatic carbocycles. The Labute approximate surface area is 113 Å². The van der Waals surface area contributed by atoms with Crippen LogP contribution in [0.2, 0.25) is 0 Å². The fraction of sp³-hybridized carbons (Fsp3) is 0.615. The Morgan fingerprint density at radius 3 is 2.83 bits per heavy atom. The van der Waals surface area contributed by atoms with Gasteiger partial charge < -0.3 is 16.3 Å². The van der Waals surface area contributed by atoms with Crippen molar-refractivity contribution in [3.63, 3.8) is 0 Å². The van der Waals surface area contributed by atoms with Crippen molar-refractivity contribution >= 4 is 17.2 Å². The van der Waals surface area contributed by atoms with Gasteiger partial charge in [0, 0.05) is 29.3 Å². The van der Waals surface area contributed by atoms with Crippen molar-refractivity contribution < 1.29 is 5.21 Å². The average Bonchev–Trinajstić information content (AvgIpc) is 2.88. The highest BCUT2D eigenvalue weighted by Crippen LogP contribution is 2.26. The zero-order chi connectivity index (χ0) is 13.6. The molecule has 5 heteroatoms. The fourth-order valence-corrected chi connectivity index (χ4v) is 2.66. The molecule has 0 aliphatic carbocycles. The summed E-state index contributed by atoms with van der Waals surface area (Å²) in [6.45, 7) is 7.43. The molecule has 102 valence electrons. The second kappa shape index (κ2) is 6.75. The van der Waals surface area contributed by atoms with Gasteiger partial charge in [0.25, 0.3) is 0 Å². The largest absolute Gasteiger partial charge is 0.409 e. The molecule has 0 fully saturated rings. The van der Waals surface area contributed by atoms with Gasteiger partial charge in [0.2, 0.25) is 0 Å². The molecule has 4 N–H and O–H groups in total. The lowest BCUT2D eigenvalue weighted by atomic mass is 9.91. The molecule has 0 spiro atoms. The summed E-state index contributed by atoms with van der Waals surface area (Å²) in [6, 6.07) is 4.49. The third-order valence-corrected chi connectivity index (χ3v) is 4.33. The number of nitrogens with zero attached hydrogens (tertiary/aromatic N) is 1. The summed E-state index contributed by atoms with van der Waals surface area (Å²) >= 11 is 1.78. The standard InChI is InChI=1S/C13H23N3OS/c1-4-10(8-12(14)16-17)15-9-13(2,3)11-6-5-7-18-11/h5-7,10,15,17H,4,8-9H2,1-3H3,(H2,14,16). The lowest BCUT2D eigenvalue weighted by Gasteiger charge is -2.27. The van der Waals surface area contributed by atoms with E-state index in [1.54, 1.807) is 11.3 Å². The molecule has 0 aliphatic rings. The van der Waals surface area contributed by atoms with E-state index < -0.39 is 0 Å². The van der Waals surface area contributed by atoms with Crippen LogP contribution in [-0.2, 0) is 5.41 Å². The van der Waals surface area contributed by atoms with Gasteiger partial charge in [-0.05, 0) is 17.9 Å². The van der Waals surface area contributed by atoms with Crippen LogP contribution in [0.1, 0.15) is 38.5 Å². The first-order valence-electron chi connectivity index (χ1n) is 6.23. The molecule has 1 aromatic heterocycles. The van der Waals surface area contributed by atoms with Crippen molar-refractivity contribution in [2.24, 2.45) is 10.9 Å². The summed E-state index contributed by atoms with van der Waals surface area (Å²) in [5, 5.41) is 17.2. The van der Waals surface area contributed by atoms with Crippen LogP contribution in [0.25, 0.3) is 0 Å². The van der Waals surface area contributed by atoms with Gasteiger partial charge in [-0.1, -0.05) is 32.0 Å². The highest BCUT2D eigenvalue weighted by Gasteiger charge is 2.22. The summed E-state index contributed by atoms with van der Waals surface area (Å²) in [4.78, 5) is 1.37. The van der Waals surface area contributed by atoms with Gasteiger partial charge in [0.1, 0.15) is 5.84 Å². The van der Waals surface area contributed by atoms with Crippen molar-refractivity contribution in [2.45, 2.75) is 45.1 Å². The molecule has 1 aromatic rings. The Bertz CT molecular complexity index is 374. The Hall–Kier alpha value is -1.07. The minimum absolute atomic E-state index is 0.104. The molecular formula is C13H23N3OS. The van der Waals surface area contributed by atoms with Gasteiger partial charge in [0.15, 0.2) is 0 Å². The number of oxime groups is 1. The zero-order valence-electron chi connectivity index (χ0n) is 11.3. The Morgan fingerprint density at radius 2 is 2.33 bits per heavy atom. The van der Waals surface area contributed by atoms with Crippen LogP contribution in [0.4, 0.5) is 0 Å². The maximum absolute atomic E-state index is 8.59. The number of hydrogen-bond acceptors (Lipinski definition) is 4. The molecule has 1 rings (SSSR count). The van der Waals surface area contributed by atoms with E-state index in [9.17, 15) is 0 Å². The van der Waals surface area contributed by atoms with Crippen LogP contribution in [-0.4, -0.2) is 23.6 Å². The second-order valence-electron chi connectivity index (χ2n) is 5.14. The van der Waals surface area contributed by atoms with E-state index >= 15 is 0 Å². The van der Waals surface area contributed by atoms with Crippen molar-refractivity contribution in [2.75, 3.05) is 6.54 Å². The molecular weight excluding hydrogens is 246 g/mol. The molecule has 18 heavy (non-hydrogen) atoms. The van der Waals surface area contributed by atoms with Gasteiger partial charge in [-0.3, -0.25) is 0 Å². The highest BCUT2D eigenvalue weighted by molar-refractivity contribution is 7.10. The molecule has 0 amide bonds. The predicted octanol–water partition coefficient (Wildman–Crippen LogP) is 2.53. The number of rotatable bonds is 7. The van der Waals surface area contributed by atoms with Crippen molar-refractivity contribution in [3.8, 4) is 0 Å². The molecule has 1 heterocycles. The first kappa shape index (κ1) is 15.0. The van der Waals surface area contributed by atoms with E-state index in [1.807, 2.05) is 0 Å². The minimum Gasteiger partial charge on any atom is -0.409 e. The Kier molecular flexibility index (Phi) is 5.62. The molecule has 0 bridgehead atoms. The third kappa shape index (κ3) is 4.31. The van der Waals surface area contributed by atoms with Crippen LogP contribution >= 0.6 is 11.3 Å². The van der Waals surface area contributed by atoms with Gasteiger partial charge in [0.05, 0.1) is 0 Å². The first-order chi connectivity index (χ1) is 8.49. The number of thiophene rings is 1. The number of nitrogens with one attached hydrogen (secondary N) is 1. The van der Waals surface area contributed by atoms with E-state index in [2.05, 4.69) is 48.8 Å². The van der Waals surface area contributed by atoms with E-state index in [1.165, 1.54) is 4.88 Å². The maximum Gasteiger partial charge on any atom is 0.140 e. The maximum atomic E-state index is 8.59. The monoisotopic (exact) mass is 269 g/mol. The normalized spacial score (nSPS) is 14.7. The number of hydrogen-bond donors (Lipinski definition) is 3. The van der Waals surface area contributed by atoms with Crippen molar-refractivity contribution in [3.05, 3.63) is 22.4 Å². The van der Waals surface area contributed by atoms with E-state index in [4.69, 9.17) is 10.9 Å². The van der Waals surface area contributed by atoms with Crippen molar-refractivity contribution in [1.29, 1.82) is 0 Å². The lowest BCUT2D eigenvalue weighted by molar-refractivity contribution is 0.315. The highest BCUT2D eigenvalue weighted by atomic mass is 32.1. The summed E-state index contributed by atoms with van der Waals surface area (Å²) in [6.07, 6.45) is 1.53. The van der Waals surface area contributed by atoms with Gasteiger partial charge in [-0.2, -0.15) is 0 Å². The van der Waals surface area contributed by atoms with Crippen molar-refractivity contribution in [1.82, 2.24) is 5.32 Å². The lowest BCUT2D eigenvalue weighted by Crippen LogP contribution is -2.40. The van der Waals surface area contributed by atoms with E-state index in [0.717, 1.165) is 13.0 Å².